The molecular weight excluding hydrogens is 307 g/mol. The van der Waals surface area contributed by atoms with Crippen molar-refractivity contribution in [2.24, 2.45) is 5.92 Å². The lowest BCUT2D eigenvalue weighted by Gasteiger charge is -2.30. The third-order valence-electron chi connectivity index (χ3n) is 3.82. The molecule has 1 aromatic carbocycles. The molecule has 0 radical (unpaired) electrons. The molecule has 21 heavy (non-hydrogen) atoms. The van der Waals surface area contributed by atoms with Gasteiger partial charge in [0.15, 0.2) is 0 Å². The van der Waals surface area contributed by atoms with Crippen molar-refractivity contribution in [3.05, 3.63) is 33.8 Å². The van der Waals surface area contributed by atoms with Crippen LogP contribution in [0.15, 0.2) is 18.2 Å². The van der Waals surface area contributed by atoms with Crippen LogP contribution in [-0.2, 0) is 11.2 Å². The van der Waals surface area contributed by atoms with E-state index in [9.17, 15) is 4.79 Å². The molecule has 1 aliphatic rings. The van der Waals surface area contributed by atoms with Gasteiger partial charge in [-0.2, -0.15) is 0 Å². The van der Waals surface area contributed by atoms with Crippen LogP contribution in [0.4, 0.5) is 0 Å². The van der Waals surface area contributed by atoms with Gasteiger partial charge in [-0.25, -0.2) is 0 Å². The predicted octanol–water partition coefficient (Wildman–Crippen LogP) is 3.43. The Labute approximate surface area is 136 Å². The fourth-order valence-electron chi connectivity index (χ4n) is 2.71. The average molecular weight is 329 g/mol. The zero-order chi connectivity index (χ0) is 15.5. The van der Waals surface area contributed by atoms with Crippen LogP contribution in [0, 0.1) is 5.92 Å². The van der Waals surface area contributed by atoms with E-state index in [1.165, 1.54) is 0 Å². The van der Waals surface area contributed by atoms with E-state index >= 15 is 0 Å². The highest BCUT2D eigenvalue weighted by Crippen LogP contribution is 2.25. The Kier molecular flexibility index (Phi) is 5.53. The van der Waals surface area contributed by atoms with Crippen molar-refractivity contribution in [3.63, 3.8) is 0 Å². The second-order valence-corrected chi connectivity index (χ2v) is 7.15. The van der Waals surface area contributed by atoms with E-state index in [0.717, 1.165) is 31.5 Å². The molecule has 0 aromatic heterocycles. The molecule has 0 saturated carbocycles. The fourth-order valence-corrected chi connectivity index (χ4v) is 3.18. The fraction of sp³-hybridized carbons (Fsp3) is 0.562. The van der Waals surface area contributed by atoms with Crippen molar-refractivity contribution in [1.29, 1.82) is 0 Å². The van der Waals surface area contributed by atoms with Gasteiger partial charge < -0.3 is 10.6 Å². The van der Waals surface area contributed by atoms with E-state index in [-0.39, 0.29) is 17.4 Å². The molecule has 2 N–H and O–H groups in total. The van der Waals surface area contributed by atoms with E-state index in [0.29, 0.717) is 16.5 Å². The largest absolute Gasteiger partial charge is 0.351 e. The summed E-state index contributed by atoms with van der Waals surface area (Å²) < 4.78 is 0. The van der Waals surface area contributed by atoms with Gasteiger partial charge in [-0.3, -0.25) is 4.79 Å². The van der Waals surface area contributed by atoms with Gasteiger partial charge in [-0.15, -0.1) is 0 Å². The highest BCUT2D eigenvalue weighted by molar-refractivity contribution is 6.35. The second kappa shape index (κ2) is 6.99. The van der Waals surface area contributed by atoms with E-state index in [1.54, 1.807) is 6.07 Å². The van der Waals surface area contributed by atoms with E-state index in [1.807, 2.05) is 26.0 Å². The summed E-state index contributed by atoms with van der Waals surface area (Å²) in [6.45, 7) is 5.89. The van der Waals surface area contributed by atoms with E-state index < -0.39 is 0 Å². The van der Waals surface area contributed by atoms with Crippen molar-refractivity contribution in [1.82, 2.24) is 10.6 Å². The van der Waals surface area contributed by atoms with Crippen LogP contribution in [0.5, 0.6) is 0 Å². The van der Waals surface area contributed by atoms with Crippen LogP contribution in [0.1, 0.15) is 32.3 Å². The van der Waals surface area contributed by atoms with Crippen molar-refractivity contribution in [3.8, 4) is 0 Å². The van der Waals surface area contributed by atoms with Crippen LogP contribution in [0.3, 0.4) is 0 Å². The number of piperidine rings is 1. The number of benzene rings is 1. The Morgan fingerprint density at radius 1 is 1.33 bits per heavy atom. The average Bonchev–Trinajstić information content (AvgIpc) is 2.42. The number of amides is 1. The molecule has 1 aromatic rings. The first-order chi connectivity index (χ1) is 9.87. The Bertz CT molecular complexity index is 511. The van der Waals surface area contributed by atoms with Gasteiger partial charge in [0.25, 0.3) is 0 Å². The molecule has 1 amide bonds. The summed E-state index contributed by atoms with van der Waals surface area (Å²) in [5.74, 6) is 0.262. The lowest BCUT2D eigenvalue weighted by Crippen LogP contribution is -2.49. The van der Waals surface area contributed by atoms with Crippen LogP contribution in [0.2, 0.25) is 10.0 Å². The monoisotopic (exact) mass is 328 g/mol. The van der Waals surface area contributed by atoms with Crippen molar-refractivity contribution < 1.29 is 4.79 Å². The van der Waals surface area contributed by atoms with Crippen LogP contribution in [-0.4, -0.2) is 24.5 Å². The standard InChI is InChI=1S/C16H22Cl2N2O/c1-16(2,10-12-3-4-13(17)9-14(12)18)20-15(21)11-5-7-19-8-6-11/h3-4,9,11,19H,5-8,10H2,1-2H3,(H,20,21). The molecule has 2 rings (SSSR count). The maximum absolute atomic E-state index is 12.3. The van der Waals surface area contributed by atoms with Gasteiger partial charge in [0.05, 0.1) is 0 Å². The summed E-state index contributed by atoms with van der Waals surface area (Å²) in [5.41, 5.74) is 0.663. The third-order valence-corrected chi connectivity index (χ3v) is 4.41. The maximum atomic E-state index is 12.3. The molecule has 1 saturated heterocycles. The molecule has 1 fully saturated rings. The number of rotatable bonds is 4. The van der Waals surface area contributed by atoms with Crippen LogP contribution in [0.25, 0.3) is 0 Å². The molecule has 5 heteroatoms. The second-order valence-electron chi connectivity index (χ2n) is 6.31. The minimum absolute atomic E-state index is 0.117. The first-order valence-electron chi connectivity index (χ1n) is 7.34. The summed E-state index contributed by atoms with van der Waals surface area (Å²) >= 11 is 12.1. The topological polar surface area (TPSA) is 41.1 Å². The lowest BCUT2D eigenvalue weighted by atomic mass is 9.91. The smallest absolute Gasteiger partial charge is 0.223 e. The quantitative estimate of drug-likeness (QED) is 0.889. The van der Waals surface area contributed by atoms with Crippen molar-refractivity contribution >= 4 is 29.1 Å². The zero-order valence-corrected chi connectivity index (χ0v) is 14.0. The predicted molar refractivity (Wildman–Crippen MR) is 88.0 cm³/mol. The number of carbonyl (C=O) groups excluding carboxylic acids is 1. The molecule has 0 spiro atoms. The molecule has 3 nitrogen and oxygen atoms in total. The summed E-state index contributed by atoms with van der Waals surface area (Å²) in [7, 11) is 0. The van der Waals surface area contributed by atoms with Gasteiger partial charge in [-0.1, -0.05) is 29.3 Å². The number of hydrogen-bond donors (Lipinski definition) is 2. The normalized spacial score (nSPS) is 16.8. The number of nitrogens with one attached hydrogen (secondary N) is 2. The zero-order valence-electron chi connectivity index (χ0n) is 12.5. The molecule has 0 atom stereocenters. The Morgan fingerprint density at radius 3 is 2.62 bits per heavy atom. The summed E-state index contributed by atoms with van der Waals surface area (Å²) in [4.78, 5) is 12.3. The summed E-state index contributed by atoms with van der Waals surface area (Å²) in [5, 5.41) is 7.70. The van der Waals surface area contributed by atoms with E-state index in [4.69, 9.17) is 23.2 Å². The molecule has 0 aliphatic carbocycles. The van der Waals surface area contributed by atoms with Crippen molar-refractivity contribution in [2.45, 2.75) is 38.6 Å². The lowest BCUT2D eigenvalue weighted by molar-refractivity contribution is -0.127. The van der Waals surface area contributed by atoms with E-state index in [2.05, 4.69) is 10.6 Å². The van der Waals surface area contributed by atoms with Gasteiger partial charge in [0.1, 0.15) is 0 Å². The van der Waals surface area contributed by atoms with Crippen LogP contribution < -0.4 is 10.6 Å². The van der Waals surface area contributed by atoms with Gasteiger partial charge in [0.2, 0.25) is 5.91 Å². The van der Waals surface area contributed by atoms with Gasteiger partial charge >= 0.3 is 0 Å². The van der Waals surface area contributed by atoms with Crippen molar-refractivity contribution in [2.75, 3.05) is 13.1 Å². The van der Waals surface area contributed by atoms with Gasteiger partial charge in [0, 0.05) is 21.5 Å². The van der Waals surface area contributed by atoms with Gasteiger partial charge in [-0.05, 0) is 63.9 Å². The molecule has 1 heterocycles. The Morgan fingerprint density at radius 2 is 2.00 bits per heavy atom. The Hall–Kier alpha value is -0.770. The highest BCUT2D eigenvalue weighted by atomic mass is 35.5. The molecule has 0 unspecified atom stereocenters. The number of halogens is 2. The minimum Gasteiger partial charge on any atom is -0.351 e. The van der Waals surface area contributed by atoms with Crippen LogP contribution >= 0.6 is 23.2 Å². The number of carbonyl (C=O) groups is 1. The Balaban J connectivity index is 1.98. The molecular formula is C16H22Cl2N2O. The third kappa shape index (κ3) is 4.87. The SMILES string of the molecule is CC(C)(Cc1ccc(Cl)cc1Cl)NC(=O)C1CCNCC1. The minimum atomic E-state index is -0.334. The highest BCUT2D eigenvalue weighted by Gasteiger charge is 2.27. The number of hydrogen-bond acceptors (Lipinski definition) is 2. The first kappa shape index (κ1) is 16.6. The molecule has 1 aliphatic heterocycles. The maximum Gasteiger partial charge on any atom is 0.223 e. The first-order valence-corrected chi connectivity index (χ1v) is 8.10. The molecule has 116 valence electrons. The summed E-state index contributed by atoms with van der Waals surface area (Å²) in [6.07, 6.45) is 2.49. The molecule has 0 bridgehead atoms. The summed E-state index contributed by atoms with van der Waals surface area (Å²) in [6, 6.07) is 5.49.